The Morgan fingerprint density at radius 3 is 2.48 bits per heavy atom. The lowest BCUT2D eigenvalue weighted by Crippen LogP contribution is -2.17. The van der Waals surface area contributed by atoms with E-state index >= 15 is 0 Å². The minimum Gasteiger partial charge on any atom is -0.488 e. The first-order valence-corrected chi connectivity index (χ1v) is 11.6. The minimum atomic E-state index is -0.434. The fraction of sp³-hybridized carbons (Fsp3) is 0.120. The van der Waals surface area contributed by atoms with Gasteiger partial charge in [-0.15, -0.1) is 0 Å². The maximum absolute atomic E-state index is 14.2. The number of hydrogen-bond acceptors (Lipinski definition) is 5. The van der Waals surface area contributed by atoms with Gasteiger partial charge in [0.2, 0.25) is 0 Å². The van der Waals surface area contributed by atoms with E-state index in [0.29, 0.717) is 25.6 Å². The molecule has 0 radical (unpaired) electrons. The second kappa shape index (κ2) is 9.95. The molecule has 1 N–H and O–H groups in total. The van der Waals surface area contributed by atoms with Crippen LogP contribution in [-0.4, -0.2) is 24.3 Å². The van der Waals surface area contributed by atoms with Crippen molar-refractivity contribution in [2.45, 2.75) is 6.61 Å². The van der Waals surface area contributed by atoms with E-state index in [1.54, 1.807) is 18.2 Å². The fourth-order valence-electron chi connectivity index (χ4n) is 3.31. The molecule has 0 saturated carbocycles. The molecule has 168 valence electrons. The smallest absolute Gasteiger partial charge is 0.263 e. The number of benzene rings is 3. The van der Waals surface area contributed by atoms with E-state index in [2.05, 4.69) is 5.32 Å². The van der Waals surface area contributed by atoms with Crippen LogP contribution in [0.25, 0.3) is 17.2 Å². The lowest BCUT2D eigenvalue weighted by atomic mass is 10.0. The molecule has 33 heavy (non-hydrogen) atoms. The quantitative estimate of drug-likeness (QED) is 0.320. The summed E-state index contributed by atoms with van der Waals surface area (Å²) in [6.45, 7) is -0.0453. The molecular formula is C25H20ClFN2O2S2. The van der Waals surface area contributed by atoms with Crippen LogP contribution in [0.2, 0.25) is 5.02 Å². The third kappa shape index (κ3) is 5.38. The summed E-state index contributed by atoms with van der Waals surface area (Å²) >= 11 is 12.4. The van der Waals surface area contributed by atoms with Crippen LogP contribution in [0, 0.1) is 5.82 Å². The van der Waals surface area contributed by atoms with Gasteiger partial charge < -0.3 is 15.0 Å². The Hall–Kier alpha value is -2.87. The summed E-state index contributed by atoms with van der Waals surface area (Å²) in [6, 6.07) is 18.3. The summed E-state index contributed by atoms with van der Waals surface area (Å²) in [5.74, 6) is -0.188. The van der Waals surface area contributed by atoms with Gasteiger partial charge in [-0.25, -0.2) is 4.39 Å². The van der Waals surface area contributed by atoms with E-state index < -0.39 is 5.82 Å². The van der Waals surface area contributed by atoms with Crippen molar-refractivity contribution < 1.29 is 13.9 Å². The number of hydrogen-bond donors (Lipinski definition) is 1. The molecule has 3 aromatic rings. The molecule has 1 aliphatic rings. The number of rotatable bonds is 6. The van der Waals surface area contributed by atoms with Gasteiger partial charge in [0.05, 0.1) is 9.93 Å². The monoisotopic (exact) mass is 498 g/mol. The molecule has 1 aliphatic heterocycles. The molecule has 3 aromatic carbocycles. The average molecular weight is 499 g/mol. The van der Waals surface area contributed by atoms with Gasteiger partial charge in [0, 0.05) is 30.9 Å². The number of nitrogens with zero attached hydrogens (tertiary/aromatic N) is 1. The summed E-state index contributed by atoms with van der Waals surface area (Å²) < 4.78 is 20.6. The number of amides is 1. The second-order valence-corrected chi connectivity index (χ2v) is 9.66. The fourth-order valence-corrected chi connectivity index (χ4v) is 4.56. The summed E-state index contributed by atoms with van der Waals surface area (Å²) in [7, 11) is 3.98. The Labute approximate surface area is 206 Å². The predicted octanol–water partition coefficient (Wildman–Crippen LogP) is 6.28. The molecule has 1 saturated heterocycles. The van der Waals surface area contributed by atoms with Crippen molar-refractivity contribution in [2.24, 2.45) is 0 Å². The van der Waals surface area contributed by atoms with E-state index in [4.69, 9.17) is 28.6 Å². The van der Waals surface area contributed by atoms with Crippen molar-refractivity contribution in [3.05, 3.63) is 87.5 Å². The maximum atomic E-state index is 14.2. The van der Waals surface area contributed by atoms with Crippen molar-refractivity contribution in [2.75, 3.05) is 19.0 Å². The van der Waals surface area contributed by atoms with Gasteiger partial charge in [0.25, 0.3) is 5.91 Å². The molecule has 1 heterocycles. The Bertz CT molecular complexity index is 1240. The van der Waals surface area contributed by atoms with Crippen LogP contribution in [0.3, 0.4) is 0 Å². The molecule has 0 aliphatic carbocycles. The van der Waals surface area contributed by atoms with E-state index in [-0.39, 0.29) is 18.1 Å². The van der Waals surface area contributed by atoms with Gasteiger partial charge in [0.1, 0.15) is 22.5 Å². The molecule has 0 bridgehead atoms. The number of halogens is 2. The van der Waals surface area contributed by atoms with Gasteiger partial charge in [-0.05, 0) is 53.6 Å². The molecule has 0 spiro atoms. The first-order chi connectivity index (χ1) is 15.8. The van der Waals surface area contributed by atoms with Crippen molar-refractivity contribution in [1.82, 2.24) is 5.32 Å². The van der Waals surface area contributed by atoms with Crippen LogP contribution in [0.1, 0.15) is 11.1 Å². The van der Waals surface area contributed by atoms with Gasteiger partial charge >= 0.3 is 0 Å². The number of carbonyl (C=O) groups is 1. The number of ether oxygens (including phenoxy) is 1. The van der Waals surface area contributed by atoms with E-state index in [1.165, 1.54) is 17.8 Å². The Morgan fingerprint density at radius 1 is 1.12 bits per heavy atom. The van der Waals surface area contributed by atoms with Crippen LogP contribution in [0.4, 0.5) is 10.1 Å². The third-order valence-corrected chi connectivity index (χ3v) is 6.61. The molecule has 4 nitrogen and oxygen atoms in total. The van der Waals surface area contributed by atoms with Crippen molar-refractivity contribution in [1.29, 1.82) is 0 Å². The number of thiocarbonyl (C=S) groups is 1. The summed E-state index contributed by atoms with van der Waals surface area (Å²) in [5, 5.41) is 2.91. The first kappa shape index (κ1) is 23.3. The normalized spacial score (nSPS) is 14.5. The highest BCUT2D eigenvalue weighted by Crippen LogP contribution is 2.34. The molecule has 1 amide bonds. The number of carbonyl (C=O) groups excluding carboxylic acids is 1. The zero-order valence-corrected chi connectivity index (χ0v) is 20.3. The zero-order valence-electron chi connectivity index (χ0n) is 17.9. The van der Waals surface area contributed by atoms with Crippen molar-refractivity contribution >= 4 is 57.6 Å². The van der Waals surface area contributed by atoms with Crippen molar-refractivity contribution in [3.8, 4) is 16.9 Å². The van der Waals surface area contributed by atoms with Gasteiger partial charge in [-0.1, -0.05) is 59.8 Å². The SMILES string of the molecule is CN(C)c1ccc(-c2ccc(OCc3c(F)cccc3Cl)c(/C=C3\SC(=S)NC3=O)c2)cc1. The van der Waals surface area contributed by atoms with Crippen LogP contribution in [0.5, 0.6) is 5.75 Å². The highest BCUT2D eigenvalue weighted by molar-refractivity contribution is 8.26. The molecule has 0 atom stereocenters. The van der Waals surface area contributed by atoms with E-state index in [0.717, 1.165) is 16.8 Å². The minimum absolute atomic E-state index is 0.0453. The molecule has 4 rings (SSSR count). The van der Waals surface area contributed by atoms with E-state index in [1.807, 2.05) is 61.5 Å². The largest absolute Gasteiger partial charge is 0.488 e. The third-order valence-electron chi connectivity index (χ3n) is 5.09. The van der Waals surface area contributed by atoms with E-state index in [9.17, 15) is 9.18 Å². The average Bonchev–Trinajstić information content (AvgIpc) is 3.10. The number of anilines is 1. The molecule has 0 aromatic heterocycles. The zero-order chi connectivity index (χ0) is 23.5. The lowest BCUT2D eigenvalue weighted by Gasteiger charge is -2.15. The summed E-state index contributed by atoms with van der Waals surface area (Å²) in [6.07, 6.45) is 1.73. The summed E-state index contributed by atoms with van der Waals surface area (Å²) in [4.78, 5) is 14.7. The Kier molecular flexibility index (Phi) is 7.02. The Balaban J connectivity index is 1.70. The van der Waals surface area contributed by atoms with Gasteiger partial charge in [0.15, 0.2) is 0 Å². The predicted molar refractivity (Wildman–Crippen MR) is 138 cm³/mol. The van der Waals surface area contributed by atoms with Crippen LogP contribution < -0.4 is 15.0 Å². The number of nitrogens with one attached hydrogen (secondary N) is 1. The lowest BCUT2D eigenvalue weighted by molar-refractivity contribution is -0.115. The summed E-state index contributed by atoms with van der Waals surface area (Å²) in [5.41, 5.74) is 4.02. The standard InChI is InChI=1S/C25H20ClFN2O2S2/c1-29(2)18-9-6-15(7-10-18)16-8-11-22(31-14-19-20(26)4-3-5-21(19)27)17(12-16)13-23-24(30)28-25(32)33-23/h3-13H,14H2,1-2H3,(H,28,30,32)/b23-13-. The first-order valence-electron chi connectivity index (χ1n) is 10.0. The second-order valence-electron chi connectivity index (χ2n) is 7.54. The van der Waals surface area contributed by atoms with Crippen molar-refractivity contribution in [3.63, 3.8) is 0 Å². The van der Waals surface area contributed by atoms with Gasteiger partial charge in [-0.2, -0.15) is 0 Å². The van der Waals surface area contributed by atoms with Crippen LogP contribution in [0.15, 0.2) is 65.6 Å². The maximum Gasteiger partial charge on any atom is 0.263 e. The Morgan fingerprint density at radius 2 is 1.85 bits per heavy atom. The topological polar surface area (TPSA) is 41.6 Å². The van der Waals surface area contributed by atoms with Crippen LogP contribution >= 0.6 is 35.6 Å². The number of thioether (sulfide) groups is 1. The van der Waals surface area contributed by atoms with Crippen LogP contribution in [-0.2, 0) is 11.4 Å². The molecule has 1 fully saturated rings. The molecule has 8 heteroatoms. The highest BCUT2D eigenvalue weighted by Gasteiger charge is 2.23. The van der Waals surface area contributed by atoms with Gasteiger partial charge in [-0.3, -0.25) is 4.79 Å². The molecular weight excluding hydrogens is 479 g/mol. The highest BCUT2D eigenvalue weighted by atomic mass is 35.5. The molecule has 0 unspecified atom stereocenters.